The summed E-state index contributed by atoms with van der Waals surface area (Å²) < 4.78 is 0. The number of amidine groups is 1. The molecule has 0 unspecified atom stereocenters. The van der Waals surface area contributed by atoms with Gasteiger partial charge in [-0.15, -0.1) is 0 Å². The first-order valence-corrected chi connectivity index (χ1v) is 8.70. The fourth-order valence-corrected chi connectivity index (χ4v) is 2.59. The monoisotopic (exact) mass is 365 g/mol. The highest BCUT2D eigenvalue weighted by Crippen LogP contribution is 2.22. The molecule has 7 N–H and O–H groups in total. The van der Waals surface area contributed by atoms with Crippen molar-refractivity contribution in [3.05, 3.63) is 70.1 Å². The van der Waals surface area contributed by atoms with E-state index in [1.54, 1.807) is 19.3 Å². The largest absolute Gasteiger partial charge is 0.402 e. The summed E-state index contributed by atoms with van der Waals surface area (Å²) in [6.07, 6.45) is 12.3. The van der Waals surface area contributed by atoms with Crippen LogP contribution in [0.5, 0.6) is 0 Å². The number of fused-ring (bicyclic) bond motifs is 1. The highest BCUT2D eigenvalue weighted by Gasteiger charge is 2.17. The summed E-state index contributed by atoms with van der Waals surface area (Å²) in [5.74, 6) is 1.09. The van der Waals surface area contributed by atoms with Gasteiger partial charge in [0.2, 0.25) is 0 Å². The third-order valence-electron chi connectivity index (χ3n) is 4.07. The van der Waals surface area contributed by atoms with E-state index in [9.17, 15) is 0 Å². The lowest BCUT2D eigenvalue weighted by Crippen LogP contribution is -2.34. The van der Waals surface area contributed by atoms with Crippen LogP contribution in [0.4, 0.5) is 0 Å². The quantitative estimate of drug-likeness (QED) is 0.320. The molecule has 0 atom stereocenters. The van der Waals surface area contributed by atoms with Crippen molar-refractivity contribution in [2.24, 2.45) is 16.6 Å². The fourth-order valence-electron chi connectivity index (χ4n) is 2.59. The van der Waals surface area contributed by atoms with Gasteiger partial charge in [-0.3, -0.25) is 10.4 Å². The maximum atomic E-state index is 8.12. The summed E-state index contributed by atoms with van der Waals surface area (Å²) >= 11 is 0. The van der Waals surface area contributed by atoms with Crippen molar-refractivity contribution in [2.45, 2.75) is 20.8 Å². The molecule has 0 radical (unpaired) electrons. The maximum absolute atomic E-state index is 8.12. The summed E-state index contributed by atoms with van der Waals surface area (Å²) in [6, 6.07) is 0. The predicted molar refractivity (Wildman–Crippen MR) is 112 cm³/mol. The zero-order valence-electron chi connectivity index (χ0n) is 16.1. The van der Waals surface area contributed by atoms with E-state index < -0.39 is 0 Å². The van der Waals surface area contributed by atoms with Crippen LogP contribution in [0.15, 0.2) is 75.1 Å². The van der Waals surface area contributed by atoms with Crippen LogP contribution in [0.1, 0.15) is 20.8 Å². The minimum absolute atomic E-state index is 0.187. The van der Waals surface area contributed by atoms with Crippen LogP contribution in [0.3, 0.4) is 0 Å². The van der Waals surface area contributed by atoms with E-state index >= 15 is 0 Å². The van der Waals surface area contributed by atoms with E-state index in [1.165, 1.54) is 6.21 Å². The molecule has 2 aliphatic rings. The Morgan fingerprint density at radius 3 is 2.63 bits per heavy atom. The highest BCUT2D eigenvalue weighted by molar-refractivity contribution is 5.97. The van der Waals surface area contributed by atoms with E-state index in [1.807, 2.05) is 45.2 Å². The van der Waals surface area contributed by atoms with Gasteiger partial charge in [0, 0.05) is 42.5 Å². The average Bonchev–Trinajstić information content (AvgIpc) is 2.63. The molecular weight excluding hydrogens is 338 g/mol. The van der Waals surface area contributed by atoms with Gasteiger partial charge in [-0.25, -0.2) is 0 Å². The Hall–Kier alpha value is -3.35. The van der Waals surface area contributed by atoms with Gasteiger partial charge in [0.15, 0.2) is 0 Å². The molecule has 27 heavy (non-hydrogen) atoms. The van der Waals surface area contributed by atoms with E-state index in [4.69, 9.17) is 16.6 Å². The minimum Gasteiger partial charge on any atom is -0.402 e. The van der Waals surface area contributed by atoms with Crippen LogP contribution in [0, 0.1) is 16.7 Å². The number of allylic oxidation sites excluding steroid dienone is 7. The molecule has 0 spiro atoms. The van der Waals surface area contributed by atoms with Crippen LogP contribution in [-0.2, 0) is 0 Å². The topological polar surface area (TPSA) is 122 Å². The van der Waals surface area contributed by atoms with Gasteiger partial charge in [0.05, 0.1) is 11.4 Å². The lowest BCUT2D eigenvalue weighted by atomic mass is 10.0. The van der Waals surface area contributed by atoms with Crippen molar-refractivity contribution in [1.82, 2.24) is 16.0 Å². The van der Waals surface area contributed by atoms with Gasteiger partial charge < -0.3 is 27.1 Å². The number of nitrogens with zero attached hydrogens (tertiary/aromatic N) is 1. The molecule has 0 aliphatic carbocycles. The van der Waals surface area contributed by atoms with E-state index in [0.717, 1.165) is 28.1 Å². The molecular formula is C20H27N7. The number of hydrogen-bond acceptors (Lipinski definition) is 6. The van der Waals surface area contributed by atoms with Gasteiger partial charge in [-0.2, -0.15) is 0 Å². The Morgan fingerprint density at radius 1 is 1.30 bits per heavy atom. The number of nitrogens with one attached hydrogen (secondary N) is 5. The molecule has 7 heteroatoms. The second kappa shape index (κ2) is 8.84. The first kappa shape index (κ1) is 20.0. The fraction of sp³-hybridized carbons (Fsp3) is 0.250. The molecule has 2 heterocycles. The number of aliphatic imine (C=N–C) groups is 1. The molecule has 0 saturated heterocycles. The van der Waals surface area contributed by atoms with Gasteiger partial charge >= 0.3 is 0 Å². The van der Waals surface area contributed by atoms with Crippen LogP contribution < -0.4 is 21.7 Å². The van der Waals surface area contributed by atoms with Crippen LogP contribution in [0.25, 0.3) is 0 Å². The van der Waals surface area contributed by atoms with Gasteiger partial charge in [-0.1, -0.05) is 13.8 Å². The van der Waals surface area contributed by atoms with Gasteiger partial charge in [-0.05, 0) is 42.7 Å². The number of hydrogen-bond donors (Lipinski definition) is 6. The molecule has 0 aromatic heterocycles. The first-order valence-electron chi connectivity index (χ1n) is 8.70. The SMILES string of the molecule is CN=CC(C1=CNC2=CC=C(NC(=N)C=C(C=N)C(C)C)NC2=C1)=C(C)N. The number of rotatable bonds is 6. The number of dihydropyridines is 2. The second-order valence-corrected chi connectivity index (χ2v) is 6.55. The molecule has 0 fully saturated rings. The lowest BCUT2D eigenvalue weighted by Gasteiger charge is -2.25. The van der Waals surface area contributed by atoms with Crippen molar-refractivity contribution in [3.63, 3.8) is 0 Å². The minimum atomic E-state index is 0.187. The zero-order chi connectivity index (χ0) is 20.0. The van der Waals surface area contributed by atoms with Crippen molar-refractivity contribution in [1.29, 1.82) is 10.8 Å². The standard InChI is InChI=1S/C20H27N7/c1-12(2)14(9-21)8-19(23)27-20-6-5-17-18(26-20)7-15(10-25-17)16(11-24-4)13(3)22/h5-12,21,25-26H,22H2,1-4H3,(H2,23,27). The molecule has 0 aromatic rings. The third-order valence-corrected chi connectivity index (χ3v) is 4.07. The van der Waals surface area contributed by atoms with Crippen LogP contribution in [0.2, 0.25) is 0 Å². The Kier molecular flexibility index (Phi) is 6.54. The second-order valence-electron chi connectivity index (χ2n) is 6.55. The summed E-state index contributed by atoms with van der Waals surface area (Å²) in [7, 11) is 1.71. The molecule has 0 aromatic carbocycles. The van der Waals surface area contributed by atoms with E-state index in [-0.39, 0.29) is 11.8 Å². The molecule has 0 amide bonds. The highest BCUT2D eigenvalue weighted by atomic mass is 15.1. The number of nitrogens with two attached hydrogens (primary N) is 1. The van der Waals surface area contributed by atoms with Crippen molar-refractivity contribution >= 4 is 18.3 Å². The summed E-state index contributed by atoms with van der Waals surface area (Å²) in [4.78, 5) is 4.07. The van der Waals surface area contributed by atoms with Crippen molar-refractivity contribution < 1.29 is 0 Å². The Balaban J connectivity index is 2.18. The molecule has 0 saturated carbocycles. The van der Waals surface area contributed by atoms with Crippen LogP contribution >= 0.6 is 0 Å². The lowest BCUT2D eigenvalue weighted by molar-refractivity contribution is 0.804. The van der Waals surface area contributed by atoms with Gasteiger partial charge in [0.1, 0.15) is 11.7 Å². The molecule has 2 rings (SSSR count). The molecule has 2 aliphatic heterocycles. The Morgan fingerprint density at radius 2 is 2.04 bits per heavy atom. The maximum Gasteiger partial charge on any atom is 0.123 e. The zero-order valence-corrected chi connectivity index (χ0v) is 16.1. The summed E-state index contributed by atoms with van der Waals surface area (Å²) in [6.45, 7) is 5.83. The van der Waals surface area contributed by atoms with Gasteiger partial charge in [0.25, 0.3) is 0 Å². The molecule has 142 valence electrons. The van der Waals surface area contributed by atoms with E-state index in [0.29, 0.717) is 11.5 Å². The Labute approximate surface area is 160 Å². The molecule has 7 nitrogen and oxygen atoms in total. The first-order chi connectivity index (χ1) is 12.8. The van der Waals surface area contributed by atoms with Crippen molar-refractivity contribution in [3.8, 4) is 0 Å². The van der Waals surface area contributed by atoms with Crippen molar-refractivity contribution in [2.75, 3.05) is 7.05 Å². The average molecular weight is 365 g/mol. The summed E-state index contributed by atoms with van der Waals surface area (Å²) in [5.41, 5.74) is 11.0. The predicted octanol–water partition coefficient (Wildman–Crippen LogP) is 2.42. The summed E-state index contributed by atoms with van der Waals surface area (Å²) in [5, 5.41) is 25.1. The normalized spacial score (nSPS) is 17.6. The Bertz CT molecular complexity index is 842. The molecule has 0 bridgehead atoms. The van der Waals surface area contributed by atoms with Crippen LogP contribution in [-0.4, -0.2) is 25.3 Å². The van der Waals surface area contributed by atoms with E-state index in [2.05, 4.69) is 20.9 Å². The third kappa shape index (κ3) is 5.07. The smallest absolute Gasteiger partial charge is 0.123 e.